The van der Waals surface area contributed by atoms with E-state index in [9.17, 15) is 22.8 Å². The summed E-state index contributed by atoms with van der Waals surface area (Å²) in [5.41, 5.74) is 6.99. The van der Waals surface area contributed by atoms with Crippen molar-refractivity contribution in [2.45, 2.75) is 18.6 Å². The predicted molar refractivity (Wildman–Crippen MR) is 151 cm³/mol. The van der Waals surface area contributed by atoms with Gasteiger partial charge in [0, 0.05) is 53.7 Å². The van der Waals surface area contributed by atoms with Crippen molar-refractivity contribution in [2.75, 3.05) is 43.1 Å². The Labute approximate surface area is 239 Å². The summed E-state index contributed by atoms with van der Waals surface area (Å²) in [6.07, 6.45) is -4.79. The molecule has 3 aromatic carbocycles. The molecule has 1 saturated heterocycles. The van der Waals surface area contributed by atoms with Gasteiger partial charge in [-0.05, 0) is 54.6 Å². The van der Waals surface area contributed by atoms with E-state index in [0.717, 1.165) is 17.8 Å². The van der Waals surface area contributed by atoms with Crippen LogP contribution in [-0.2, 0) is 15.7 Å². The lowest BCUT2D eigenvalue weighted by Crippen LogP contribution is -2.55. The zero-order chi connectivity index (χ0) is 29.3. The number of hydrogen-bond donors (Lipinski definition) is 1. The number of carbonyl (C=O) groups is 2. The molecule has 8 nitrogen and oxygen atoms in total. The van der Waals surface area contributed by atoms with Crippen molar-refractivity contribution in [1.29, 1.82) is 0 Å². The van der Waals surface area contributed by atoms with Crippen molar-refractivity contribution in [3.05, 3.63) is 88.4 Å². The molecule has 2 N–H and O–H groups in total. The number of carbonyl (C=O) groups excluding carboxylic acids is 2. The largest absolute Gasteiger partial charge is 0.469 e. The number of rotatable bonds is 5. The molecule has 12 heteroatoms. The predicted octanol–water partition coefficient (Wildman–Crippen LogP) is 5.39. The first-order valence-corrected chi connectivity index (χ1v) is 13.2. The molecule has 0 spiro atoms. The van der Waals surface area contributed by atoms with E-state index >= 15 is 0 Å². The fourth-order valence-electron chi connectivity index (χ4n) is 5.15. The highest BCUT2D eigenvalue weighted by Crippen LogP contribution is 2.42. The maximum atomic E-state index is 13.8. The summed E-state index contributed by atoms with van der Waals surface area (Å²) in [7, 11) is 1.24. The van der Waals surface area contributed by atoms with Crippen LogP contribution >= 0.6 is 11.6 Å². The normalized spacial score (nSPS) is 17.1. The average Bonchev–Trinajstić information content (AvgIpc) is 2.96. The van der Waals surface area contributed by atoms with Crippen molar-refractivity contribution in [1.82, 2.24) is 4.90 Å². The average molecular weight is 586 g/mol. The molecule has 0 aromatic heterocycles. The van der Waals surface area contributed by atoms with E-state index < -0.39 is 29.7 Å². The summed E-state index contributed by atoms with van der Waals surface area (Å²) in [6, 6.07) is 16.3. The van der Waals surface area contributed by atoms with Crippen molar-refractivity contribution in [3.8, 4) is 0 Å². The van der Waals surface area contributed by atoms with Gasteiger partial charge in [0.15, 0.2) is 0 Å². The monoisotopic (exact) mass is 585 g/mol. The van der Waals surface area contributed by atoms with Crippen LogP contribution in [0.2, 0.25) is 5.02 Å². The van der Waals surface area contributed by atoms with Gasteiger partial charge in [-0.15, -0.1) is 0 Å². The molecular weight excluding hydrogens is 559 g/mol. The maximum absolute atomic E-state index is 13.8. The molecule has 1 atom stereocenters. The van der Waals surface area contributed by atoms with Crippen LogP contribution in [0, 0.1) is 0 Å². The number of benzene rings is 3. The van der Waals surface area contributed by atoms with Gasteiger partial charge >= 0.3 is 12.1 Å². The lowest BCUT2D eigenvalue weighted by atomic mass is 9.95. The summed E-state index contributed by atoms with van der Waals surface area (Å²) in [6.45, 7) is 2.21. The van der Waals surface area contributed by atoms with Gasteiger partial charge in [-0.2, -0.15) is 13.2 Å². The quantitative estimate of drug-likeness (QED) is 0.404. The summed E-state index contributed by atoms with van der Waals surface area (Å²) >= 11 is 6.18. The first-order chi connectivity index (χ1) is 19.5. The van der Waals surface area contributed by atoms with Gasteiger partial charge in [0.05, 0.1) is 30.8 Å². The number of amides is 1. The third-order valence-electron chi connectivity index (χ3n) is 7.19. The van der Waals surface area contributed by atoms with E-state index in [1.165, 1.54) is 25.3 Å². The number of aliphatic imine (C=N–C) groups is 1. The van der Waals surface area contributed by atoms with E-state index in [4.69, 9.17) is 27.1 Å². The smallest absolute Gasteiger partial charge is 0.416 e. The van der Waals surface area contributed by atoms with Crippen LogP contribution in [0.15, 0.2) is 71.7 Å². The number of hydrogen-bond acceptors (Lipinski definition) is 7. The van der Waals surface area contributed by atoms with E-state index in [1.54, 1.807) is 23.1 Å². The number of alkyl halides is 3. The molecular formula is C29H27ClF3N5O3. The highest BCUT2D eigenvalue weighted by Gasteiger charge is 2.38. The van der Waals surface area contributed by atoms with Gasteiger partial charge < -0.3 is 25.2 Å². The van der Waals surface area contributed by atoms with Crippen LogP contribution in [0.5, 0.6) is 0 Å². The Hall–Kier alpha value is -4.25. The highest BCUT2D eigenvalue weighted by molar-refractivity contribution is 6.30. The van der Waals surface area contributed by atoms with Crippen molar-refractivity contribution < 1.29 is 27.5 Å². The number of anilines is 2. The minimum absolute atomic E-state index is 0.191. The third kappa shape index (κ3) is 5.95. The van der Waals surface area contributed by atoms with Gasteiger partial charge in [-0.3, -0.25) is 9.59 Å². The molecule has 2 aliphatic rings. The van der Waals surface area contributed by atoms with E-state index in [1.807, 2.05) is 23.1 Å². The standard InChI is InChI=1S/C29H27ClF3N5O3/c1-41-26(39)17-25-23-14-18(27(34)40)8-9-24(23)35-28(38(25)22-7-2-4-19(15-22)29(31,32)33)37-12-10-36(11-13-37)21-6-3-5-20(30)16-21/h2-9,14-16,25H,10-13,17H2,1H3,(H2,34,40). The summed E-state index contributed by atoms with van der Waals surface area (Å²) in [5, 5.41) is 0.620. The molecule has 3 aromatic rings. The number of fused-ring (bicyclic) bond motifs is 1. The molecule has 214 valence electrons. The number of nitrogens with two attached hydrogens (primary N) is 1. The van der Waals surface area contributed by atoms with Gasteiger partial charge in [-0.25, -0.2) is 4.99 Å². The molecule has 0 aliphatic carbocycles. The Kier molecular flexibility index (Phi) is 7.81. The second kappa shape index (κ2) is 11.3. The first kappa shape index (κ1) is 28.3. The molecule has 1 amide bonds. The first-order valence-electron chi connectivity index (χ1n) is 12.9. The van der Waals surface area contributed by atoms with Crippen molar-refractivity contribution >= 4 is 46.5 Å². The molecule has 0 radical (unpaired) electrons. The van der Waals surface area contributed by atoms with Gasteiger partial charge in [0.25, 0.3) is 0 Å². The molecule has 1 fully saturated rings. The van der Waals surface area contributed by atoms with E-state index in [0.29, 0.717) is 48.4 Å². The lowest BCUT2D eigenvalue weighted by Gasteiger charge is -2.45. The third-order valence-corrected chi connectivity index (χ3v) is 7.43. The summed E-state index contributed by atoms with van der Waals surface area (Å²) < 4.78 is 46.2. The fraction of sp³-hybridized carbons (Fsp3) is 0.276. The van der Waals surface area contributed by atoms with E-state index in [-0.39, 0.29) is 17.7 Å². The number of primary amides is 1. The van der Waals surface area contributed by atoms with Gasteiger partial charge in [-0.1, -0.05) is 23.7 Å². The van der Waals surface area contributed by atoms with Crippen molar-refractivity contribution in [2.24, 2.45) is 10.7 Å². The Bertz CT molecular complexity index is 1510. The molecule has 2 aliphatic heterocycles. The number of piperazine rings is 1. The molecule has 2 heterocycles. The Morgan fingerprint density at radius 2 is 1.66 bits per heavy atom. The zero-order valence-corrected chi connectivity index (χ0v) is 22.8. The molecule has 0 saturated carbocycles. The molecule has 5 rings (SSSR count). The number of nitrogens with zero attached hydrogens (tertiary/aromatic N) is 4. The summed E-state index contributed by atoms with van der Waals surface area (Å²) in [5.74, 6) is -0.861. The minimum Gasteiger partial charge on any atom is -0.469 e. The van der Waals surface area contributed by atoms with E-state index in [2.05, 4.69) is 4.90 Å². The van der Waals surface area contributed by atoms with Crippen LogP contribution < -0.4 is 15.5 Å². The maximum Gasteiger partial charge on any atom is 0.416 e. The molecule has 0 bridgehead atoms. The SMILES string of the molecule is COC(=O)CC1c2cc(C(N)=O)ccc2N=C(N2CCN(c3cccc(Cl)c3)CC2)N1c1cccc(C(F)(F)F)c1. The molecule has 41 heavy (non-hydrogen) atoms. The van der Waals surface area contributed by atoms with Gasteiger partial charge in [0.2, 0.25) is 11.9 Å². The molecule has 1 unspecified atom stereocenters. The number of halogens is 4. The Morgan fingerprint density at radius 1 is 0.976 bits per heavy atom. The topological polar surface area (TPSA) is 91.5 Å². The van der Waals surface area contributed by atoms with Gasteiger partial charge in [0.1, 0.15) is 0 Å². The number of guanidine groups is 1. The van der Waals surface area contributed by atoms with Crippen LogP contribution in [0.25, 0.3) is 0 Å². The van der Waals surface area contributed by atoms with Crippen LogP contribution in [0.4, 0.5) is 30.2 Å². The number of ether oxygens (including phenoxy) is 1. The summed E-state index contributed by atoms with van der Waals surface area (Å²) in [4.78, 5) is 35.3. The number of methoxy groups -OCH3 is 1. The van der Waals surface area contributed by atoms with Crippen molar-refractivity contribution in [3.63, 3.8) is 0 Å². The second-order valence-corrected chi connectivity index (χ2v) is 10.2. The highest BCUT2D eigenvalue weighted by atomic mass is 35.5. The lowest BCUT2D eigenvalue weighted by molar-refractivity contribution is -0.141. The fourth-order valence-corrected chi connectivity index (χ4v) is 5.33. The Balaban J connectivity index is 1.59. The number of esters is 1. The Morgan fingerprint density at radius 3 is 2.32 bits per heavy atom. The van der Waals surface area contributed by atoms with Crippen LogP contribution in [-0.4, -0.2) is 56.0 Å². The van der Waals surface area contributed by atoms with Crippen LogP contribution in [0.3, 0.4) is 0 Å². The zero-order valence-electron chi connectivity index (χ0n) is 22.1. The minimum atomic E-state index is -4.58. The van der Waals surface area contributed by atoms with Crippen LogP contribution in [0.1, 0.15) is 33.9 Å². The second-order valence-electron chi connectivity index (χ2n) is 9.72.